The molecule has 4 atom stereocenters. The van der Waals surface area contributed by atoms with E-state index in [9.17, 15) is 24.3 Å². The highest BCUT2D eigenvalue weighted by molar-refractivity contribution is 6.25. The first kappa shape index (κ1) is 28.5. The summed E-state index contributed by atoms with van der Waals surface area (Å²) >= 11 is 0. The molecular formula is C38H31NO6. The summed E-state index contributed by atoms with van der Waals surface area (Å²) in [5.74, 6) is -3.24. The lowest BCUT2D eigenvalue weighted by Gasteiger charge is -2.42. The minimum atomic E-state index is -0.744. The molecule has 7 heteroatoms. The summed E-state index contributed by atoms with van der Waals surface area (Å²) in [5.41, 5.74) is 4.58. The predicted molar refractivity (Wildman–Crippen MR) is 169 cm³/mol. The lowest BCUT2D eigenvalue weighted by Crippen LogP contribution is -2.39. The van der Waals surface area contributed by atoms with Crippen molar-refractivity contribution in [1.29, 1.82) is 0 Å². The number of carbonyl (C=O) groups excluding carboxylic acids is 4. The highest BCUT2D eigenvalue weighted by Gasteiger charge is 2.56. The van der Waals surface area contributed by atoms with Crippen LogP contribution in [0.25, 0.3) is 6.08 Å². The average Bonchev–Trinajstić information content (AvgIpc) is 3.31. The number of allylic oxidation sites excluding steroid dienone is 6. The number of imide groups is 1. The summed E-state index contributed by atoms with van der Waals surface area (Å²) in [6, 6.07) is 21.7. The molecule has 1 saturated heterocycles. The second-order valence-corrected chi connectivity index (χ2v) is 12.0. The van der Waals surface area contributed by atoms with Crippen molar-refractivity contribution in [2.24, 2.45) is 17.8 Å². The molecule has 0 spiro atoms. The molecule has 3 aromatic rings. The molecule has 0 saturated carbocycles. The summed E-state index contributed by atoms with van der Waals surface area (Å²) in [6.07, 6.45) is 5.48. The van der Waals surface area contributed by atoms with Crippen LogP contribution in [0.2, 0.25) is 0 Å². The molecule has 0 radical (unpaired) electrons. The molecule has 45 heavy (non-hydrogen) atoms. The third-order valence-corrected chi connectivity index (χ3v) is 9.51. The number of phenols is 1. The van der Waals surface area contributed by atoms with E-state index in [2.05, 4.69) is 6.58 Å². The zero-order valence-electron chi connectivity index (χ0n) is 24.7. The van der Waals surface area contributed by atoms with E-state index in [-0.39, 0.29) is 35.6 Å². The van der Waals surface area contributed by atoms with Crippen LogP contribution in [0.5, 0.6) is 11.5 Å². The van der Waals surface area contributed by atoms with Gasteiger partial charge >= 0.3 is 0 Å². The smallest absolute Gasteiger partial charge is 0.238 e. The van der Waals surface area contributed by atoms with Crippen LogP contribution in [0.4, 0.5) is 5.69 Å². The van der Waals surface area contributed by atoms with Gasteiger partial charge in [-0.15, -0.1) is 0 Å². The van der Waals surface area contributed by atoms with Crippen LogP contribution >= 0.6 is 0 Å². The second-order valence-electron chi connectivity index (χ2n) is 12.0. The number of Topliss-reactive ketones (excluding diaryl/α,β-unsaturated/α-hetero) is 1. The van der Waals surface area contributed by atoms with Crippen molar-refractivity contribution in [3.05, 3.63) is 131 Å². The van der Waals surface area contributed by atoms with Crippen molar-refractivity contribution in [3.8, 4) is 11.5 Å². The van der Waals surface area contributed by atoms with Crippen LogP contribution in [0, 0.1) is 17.8 Å². The fourth-order valence-electron chi connectivity index (χ4n) is 7.33. The van der Waals surface area contributed by atoms with Gasteiger partial charge in [0.1, 0.15) is 18.1 Å². The lowest BCUT2D eigenvalue weighted by atomic mass is 9.59. The number of ether oxygens (including phenoxy) is 1. The summed E-state index contributed by atoms with van der Waals surface area (Å²) in [7, 11) is 0. The van der Waals surface area contributed by atoms with E-state index in [1.54, 1.807) is 49.4 Å². The van der Waals surface area contributed by atoms with Gasteiger partial charge in [-0.3, -0.25) is 24.1 Å². The third kappa shape index (κ3) is 4.67. The van der Waals surface area contributed by atoms with Crippen LogP contribution in [-0.2, 0) is 25.8 Å². The zero-order chi connectivity index (χ0) is 31.4. The Kier molecular flexibility index (Phi) is 6.96. The summed E-state index contributed by atoms with van der Waals surface area (Å²) in [6.45, 7) is 5.70. The molecular weight excluding hydrogens is 566 g/mol. The third-order valence-electron chi connectivity index (χ3n) is 9.51. The van der Waals surface area contributed by atoms with E-state index in [0.717, 1.165) is 16.7 Å². The lowest BCUT2D eigenvalue weighted by molar-refractivity contribution is -0.123. The number of hydrogen-bond donors (Lipinski definition) is 1. The van der Waals surface area contributed by atoms with Gasteiger partial charge in [0.25, 0.3) is 0 Å². The largest absolute Gasteiger partial charge is 0.507 e. The number of nitrogens with zero attached hydrogens (tertiary/aromatic N) is 1. The van der Waals surface area contributed by atoms with Gasteiger partial charge in [0, 0.05) is 34.3 Å². The highest BCUT2D eigenvalue weighted by atomic mass is 16.5. The molecule has 224 valence electrons. The first-order valence-electron chi connectivity index (χ1n) is 15.1. The van der Waals surface area contributed by atoms with Crippen LogP contribution in [-0.4, -0.2) is 28.5 Å². The Labute approximate surface area is 260 Å². The highest BCUT2D eigenvalue weighted by Crippen LogP contribution is 2.56. The van der Waals surface area contributed by atoms with Crippen LogP contribution < -0.4 is 9.64 Å². The zero-order valence-corrected chi connectivity index (χ0v) is 24.7. The number of ketones is 2. The van der Waals surface area contributed by atoms with Gasteiger partial charge < -0.3 is 9.84 Å². The maximum absolute atomic E-state index is 14.1. The standard InChI is InChI=1S/C38H31NO6/c1-3-22-9-11-24(12-10-22)39-37(43)28-16-15-26-29(34(28)38(39)44)19-30-31(40)17-21(2)36(42)35(30)33(26)27-14-13-25(18-32(27)41)45-20-23-7-5-4-6-8-23/h3-15,17-18,28-29,33-34,41H,1,16,19-20H2,2H3. The number of carbonyl (C=O) groups is 4. The van der Waals surface area contributed by atoms with E-state index in [1.165, 1.54) is 17.0 Å². The van der Waals surface area contributed by atoms with Gasteiger partial charge in [-0.05, 0) is 61.1 Å². The summed E-state index contributed by atoms with van der Waals surface area (Å²) in [4.78, 5) is 56.1. The quantitative estimate of drug-likeness (QED) is 0.205. The monoisotopic (exact) mass is 597 g/mol. The number of phenolic OH excluding ortho intramolecular Hbond substituents is 1. The Hall–Kier alpha value is -5.30. The molecule has 2 amide bonds. The number of aromatic hydroxyl groups is 1. The Bertz CT molecular complexity index is 1880. The Balaban J connectivity index is 1.27. The molecule has 7 rings (SSSR count). The number of rotatable bonds is 6. The first-order valence-corrected chi connectivity index (χ1v) is 15.1. The number of benzene rings is 3. The van der Waals surface area contributed by atoms with Crippen molar-refractivity contribution in [2.45, 2.75) is 32.3 Å². The van der Waals surface area contributed by atoms with Crippen LogP contribution in [0.1, 0.15) is 42.4 Å². The van der Waals surface area contributed by atoms with Crippen molar-refractivity contribution in [2.75, 3.05) is 4.90 Å². The first-order chi connectivity index (χ1) is 21.8. The Morgan fingerprint density at radius 3 is 2.42 bits per heavy atom. The van der Waals surface area contributed by atoms with Crippen molar-refractivity contribution in [3.63, 3.8) is 0 Å². The second kappa shape index (κ2) is 11.0. The molecule has 7 nitrogen and oxygen atoms in total. The maximum atomic E-state index is 14.1. The van der Waals surface area contributed by atoms with Gasteiger partial charge in [0.15, 0.2) is 11.6 Å². The Morgan fingerprint density at radius 1 is 0.956 bits per heavy atom. The minimum absolute atomic E-state index is 0.0775. The topological polar surface area (TPSA) is 101 Å². The Morgan fingerprint density at radius 2 is 1.71 bits per heavy atom. The molecule has 1 heterocycles. The van der Waals surface area contributed by atoms with Crippen LogP contribution in [0.3, 0.4) is 0 Å². The molecule has 1 fully saturated rings. The molecule has 1 aliphatic heterocycles. The molecule has 1 N–H and O–H groups in total. The molecule has 4 aliphatic rings. The predicted octanol–water partition coefficient (Wildman–Crippen LogP) is 6.25. The number of amides is 2. The average molecular weight is 598 g/mol. The number of hydrogen-bond acceptors (Lipinski definition) is 6. The van der Waals surface area contributed by atoms with E-state index in [4.69, 9.17) is 4.74 Å². The van der Waals surface area contributed by atoms with Crippen molar-refractivity contribution < 1.29 is 29.0 Å². The molecule has 0 aromatic heterocycles. The maximum Gasteiger partial charge on any atom is 0.238 e. The van der Waals surface area contributed by atoms with Gasteiger partial charge in [-0.1, -0.05) is 72.8 Å². The summed E-state index contributed by atoms with van der Waals surface area (Å²) < 4.78 is 5.92. The van der Waals surface area contributed by atoms with E-state index >= 15 is 0 Å². The van der Waals surface area contributed by atoms with E-state index in [1.807, 2.05) is 36.4 Å². The molecule has 4 unspecified atom stereocenters. The molecule has 0 bridgehead atoms. The fraction of sp³-hybridized carbons (Fsp3) is 0.211. The van der Waals surface area contributed by atoms with Gasteiger partial charge in [-0.2, -0.15) is 0 Å². The summed E-state index contributed by atoms with van der Waals surface area (Å²) in [5, 5.41) is 11.4. The number of fused-ring (bicyclic) bond motifs is 3. The van der Waals surface area contributed by atoms with Crippen LogP contribution in [0.15, 0.2) is 114 Å². The van der Waals surface area contributed by atoms with Crippen molar-refractivity contribution >= 4 is 35.1 Å². The molecule has 3 aliphatic carbocycles. The van der Waals surface area contributed by atoms with Gasteiger partial charge in [0.2, 0.25) is 11.8 Å². The SMILES string of the molecule is C=Cc1ccc(N2C(=O)C3CC=C4C(c5ccc(OCc6ccccc6)cc5O)C5=C(CC4C3C2=O)C(=O)C=C(C)C5=O)cc1. The fourth-order valence-corrected chi connectivity index (χ4v) is 7.33. The van der Waals surface area contributed by atoms with E-state index in [0.29, 0.717) is 46.7 Å². The minimum Gasteiger partial charge on any atom is -0.507 e. The number of anilines is 1. The normalized spacial score (nSPS) is 24.1. The van der Waals surface area contributed by atoms with E-state index < -0.39 is 23.7 Å². The molecule has 3 aromatic carbocycles. The van der Waals surface area contributed by atoms with Gasteiger partial charge in [0.05, 0.1) is 17.5 Å². The van der Waals surface area contributed by atoms with Gasteiger partial charge in [-0.25, -0.2) is 0 Å². The van der Waals surface area contributed by atoms with Crippen molar-refractivity contribution in [1.82, 2.24) is 0 Å².